The molecule has 2 N–H and O–H groups in total. The van der Waals surface area contributed by atoms with Crippen LogP contribution >= 0.6 is 0 Å². The Balaban J connectivity index is 1.48. The number of imide groups is 1. The van der Waals surface area contributed by atoms with Crippen LogP contribution in [0.15, 0.2) is 24.3 Å². The Morgan fingerprint density at radius 3 is 2.61 bits per heavy atom. The molecule has 2 heterocycles. The Morgan fingerprint density at radius 2 is 1.94 bits per heavy atom. The van der Waals surface area contributed by atoms with E-state index in [-0.39, 0.29) is 23.8 Å². The average Bonchev–Trinajstić information content (AvgIpc) is 3.17. The third-order valence-electron chi connectivity index (χ3n) is 6.47. The van der Waals surface area contributed by atoms with Crippen molar-refractivity contribution in [3.8, 4) is 0 Å². The van der Waals surface area contributed by atoms with Gasteiger partial charge in [0.05, 0.1) is 11.4 Å². The van der Waals surface area contributed by atoms with E-state index >= 15 is 0 Å². The summed E-state index contributed by atoms with van der Waals surface area (Å²) in [5.41, 5.74) is 0.130. The van der Waals surface area contributed by atoms with Crippen LogP contribution in [0, 0.1) is 11.3 Å². The van der Waals surface area contributed by atoms with Gasteiger partial charge in [0.2, 0.25) is 11.8 Å². The monoisotopic (exact) mass is 426 g/mol. The maximum atomic E-state index is 13.2. The zero-order chi connectivity index (χ0) is 22.4. The predicted molar refractivity (Wildman–Crippen MR) is 116 cm³/mol. The summed E-state index contributed by atoms with van der Waals surface area (Å²) in [7, 11) is 0. The van der Waals surface area contributed by atoms with Crippen LogP contribution in [-0.2, 0) is 14.4 Å². The van der Waals surface area contributed by atoms with Crippen molar-refractivity contribution >= 4 is 35.1 Å². The van der Waals surface area contributed by atoms with E-state index in [9.17, 15) is 19.2 Å². The number of para-hydroxylation sites is 2. The third kappa shape index (κ3) is 4.03. The highest BCUT2D eigenvalue weighted by Crippen LogP contribution is 2.46. The number of benzene rings is 1. The fourth-order valence-corrected chi connectivity index (χ4v) is 5.70. The molecule has 2 saturated heterocycles. The van der Waals surface area contributed by atoms with E-state index in [1.165, 1.54) is 0 Å². The first-order valence-corrected chi connectivity index (χ1v) is 10.9. The lowest BCUT2D eigenvalue weighted by atomic mass is 9.64. The van der Waals surface area contributed by atoms with Crippen molar-refractivity contribution in [3.05, 3.63) is 24.3 Å². The van der Waals surface area contributed by atoms with Crippen molar-refractivity contribution in [2.75, 3.05) is 23.3 Å². The summed E-state index contributed by atoms with van der Waals surface area (Å²) in [5.74, 6) is -0.475. The molecule has 0 unspecified atom stereocenters. The van der Waals surface area contributed by atoms with Crippen molar-refractivity contribution in [2.45, 2.75) is 58.4 Å². The number of rotatable bonds is 4. The Morgan fingerprint density at radius 1 is 1.19 bits per heavy atom. The minimum atomic E-state index is -0.932. The fraction of sp³-hybridized carbons (Fsp3) is 0.565. The van der Waals surface area contributed by atoms with Gasteiger partial charge in [0, 0.05) is 13.0 Å². The molecule has 2 aliphatic heterocycles. The van der Waals surface area contributed by atoms with Gasteiger partial charge in [-0.3, -0.25) is 19.3 Å². The molecule has 8 nitrogen and oxygen atoms in total. The molecule has 0 radical (unpaired) electrons. The smallest absolute Gasteiger partial charge is 0.323 e. The SMILES string of the molecule is C[C@@H]1CC(C)(C)C[C@@]2(C1)NC(=O)N(CC(=O)Nc1ccccc1N1CCCC1=O)C2=O. The molecule has 1 aromatic rings. The lowest BCUT2D eigenvalue weighted by Crippen LogP contribution is -2.54. The Labute approximate surface area is 182 Å². The van der Waals surface area contributed by atoms with Crippen LogP contribution in [0.1, 0.15) is 52.9 Å². The number of hydrogen-bond acceptors (Lipinski definition) is 4. The molecular weight excluding hydrogens is 396 g/mol. The Bertz CT molecular complexity index is 943. The number of urea groups is 1. The summed E-state index contributed by atoms with van der Waals surface area (Å²) in [6, 6.07) is 6.57. The van der Waals surface area contributed by atoms with E-state index in [0.717, 1.165) is 17.7 Å². The predicted octanol–water partition coefficient (Wildman–Crippen LogP) is 2.89. The zero-order valence-electron chi connectivity index (χ0n) is 18.4. The maximum Gasteiger partial charge on any atom is 0.325 e. The van der Waals surface area contributed by atoms with Crippen LogP contribution in [0.25, 0.3) is 0 Å². The van der Waals surface area contributed by atoms with E-state index in [4.69, 9.17) is 0 Å². The van der Waals surface area contributed by atoms with Crippen LogP contribution in [0.2, 0.25) is 0 Å². The second-order valence-corrected chi connectivity index (χ2v) is 9.97. The van der Waals surface area contributed by atoms with Crippen LogP contribution < -0.4 is 15.5 Å². The largest absolute Gasteiger partial charge is 0.325 e. The number of nitrogens with zero attached hydrogens (tertiary/aromatic N) is 2. The summed E-state index contributed by atoms with van der Waals surface area (Å²) >= 11 is 0. The molecule has 3 aliphatic rings. The first-order valence-electron chi connectivity index (χ1n) is 10.9. The van der Waals surface area contributed by atoms with Gasteiger partial charge in [-0.2, -0.15) is 0 Å². The molecule has 31 heavy (non-hydrogen) atoms. The minimum absolute atomic E-state index is 0.0202. The second kappa shape index (κ2) is 7.66. The number of carbonyl (C=O) groups excluding carboxylic acids is 4. The van der Waals surface area contributed by atoms with Crippen molar-refractivity contribution in [3.63, 3.8) is 0 Å². The highest BCUT2D eigenvalue weighted by molar-refractivity contribution is 6.11. The molecule has 8 heteroatoms. The quantitative estimate of drug-likeness (QED) is 0.723. The number of anilines is 2. The summed E-state index contributed by atoms with van der Waals surface area (Å²) in [6.07, 6.45) is 3.40. The standard InChI is InChI=1S/C23H30N4O4/c1-15-11-22(2,3)14-23(12-15)20(30)27(21(31)25-23)13-18(28)24-16-7-4-5-8-17(16)26-10-6-9-19(26)29/h4-5,7-8,15H,6,9-14H2,1-3H3,(H,24,28)(H,25,31)/t15-,23-/m1/s1. The first kappa shape index (κ1) is 21.3. The minimum Gasteiger partial charge on any atom is -0.323 e. The van der Waals surface area contributed by atoms with Crippen LogP contribution in [0.3, 0.4) is 0 Å². The summed E-state index contributed by atoms with van der Waals surface area (Å²) < 4.78 is 0. The van der Waals surface area contributed by atoms with Gasteiger partial charge in [-0.25, -0.2) is 4.79 Å². The lowest BCUT2D eigenvalue weighted by molar-refractivity contribution is -0.136. The van der Waals surface area contributed by atoms with E-state index < -0.39 is 17.5 Å². The lowest BCUT2D eigenvalue weighted by Gasteiger charge is -2.43. The van der Waals surface area contributed by atoms with Crippen molar-refractivity contribution in [1.29, 1.82) is 0 Å². The fourth-order valence-electron chi connectivity index (χ4n) is 5.70. The molecule has 4 rings (SSSR count). The van der Waals surface area contributed by atoms with Gasteiger partial charge in [-0.15, -0.1) is 0 Å². The Hall–Kier alpha value is -2.90. The van der Waals surface area contributed by atoms with Crippen LogP contribution in [0.5, 0.6) is 0 Å². The molecule has 1 aromatic carbocycles. The van der Waals surface area contributed by atoms with Crippen molar-refractivity contribution < 1.29 is 19.2 Å². The normalized spacial score (nSPS) is 27.7. The first-order chi connectivity index (χ1) is 14.6. The molecule has 166 valence electrons. The van der Waals surface area contributed by atoms with Gasteiger partial charge in [-0.05, 0) is 49.1 Å². The molecule has 0 aromatic heterocycles. The van der Waals surface area contributed by atoms with Gasteiger partial charge < -0.3 is 15.5 Å². The average molecular weight is 427 g/mol. The molecule has 2 atom stereocenters. The van der Waals surface area contributed by atoms with Crippen molar-refractivity contribution in [2.24, 2.45) is 11.3 Å². The van der Waals surface area contributed by atoms with Crippen LogP contribution in [0.4, 0.5) is 16.2 Å². The summed E-state index contributed by atoms with van der Waals surface area (Å²) in [4.78, 5) is 53.5. The number of carbonyl (C=O) groups is 4. The van der Waals surface area contributed by atoms with Gasteiger partial charge in [0.1, 0.15) is 12.1 Å². The summed E-state index contributed by atoms with van der Waals surface area (Å²) in [5, 5.41) is 5.68. The van der Waals surface area contributed by atoms with Gasteiger partial charge >= 0.3 is 6.03 Å². The topological polar surface area (TPSA) is 98.8 Å². The van der Waals surface area contributed by atoms with Crippen molar-refractivity contribution in [1.82, 2.24) is 10.2 Å². The molecule has 0 bridgehead atoms. The molecule has 1 spiro atoms. The van der Waals surface area contributed by atoms with E-state index in [1.807, 2.05) is 6.07 Å². The Kier molecular flexibility index (Phi) is 5.27. The molecule has 1 aliphatic carbocycles. The summed E-state index contributed by atoms with van der Waals surface area (Å²) in [6.45, 7) is 6.55. The molecule has 1 saturated carbocycles. The van der Waals surface area contributed by atoms with E-state index in [2.05, 4.69) is 31.4 Å². The highest BCUT2D eigenvalue weighted by atomic mass is 16.2. The highest BCUT2D eigenvalue weighted by Gasteiger charge is 2.56. The van der Waals surface area contributed by atoms with E-state index in [1.54, 1.807) is 23.1 Å². The number of nitrogens with one attached hydrogen (secondary N) is 2. The van der Waals surface area contributed by atoms with Gasteiger partial charge in [0.25, 0.3) is 5.91 Å². The second-order valence-electron chi connectivity index (χ2n) is 9.97. The molecular formula is C23H30N4O4. The van der Waals surface area contributed by atoms with Gasteiger partial charge in [0.15, 0.2) is 0 Å². The van der Waals surface area contributed by atoms with E-state index in [0.29, 0.717) is 43.1 Å². The maximum absolute atomic E-state index is 13.2. The van der Waals surface area contributed by atoms with Gasteiger partial charge in [-0.1, -0.05) is 32.9 Å². The zero-order valence-corrected chi connectivity index (χ0v) is 18.4. The third-order valence-corrected chi connectivity index (χ3v) is 6.47. The molecule has 5 amide bonds. The van der Waals surface area contributed by atoms with Crippen LogP contribution in [-0.4, -0.2) is 47.3 Å². The number of hydrogen-bond donors (Lipinski definition) is 2. The number of amides is 5. The molecule has 3 fully saturated rings.